The van der Waals surface area contributed by atoms with Crippen molar-refractivity contribution in [3.8, 4) is 11.3 Å². The van der Waals surface area contributed by atoms with Gasteiger partial charge in [0.25, 0.3) is 5.91 Å². The molecule has 0 radical (unpaired) electrons. The maximum Gasteiger partial charge on any atom is 0.259 e. The highest BCUT2D eigenvalue weighted by Crippen LogP contribution is 2.31. The van der Waals surface area contributed by atoms with Crippen LogP contribution in [0, 0.1) is 20.8 Å². The third kappa shape index (κ3) is 3.73. The van der Waals surface area contributed by atoms with Crippen molar-refractivity contribution < 1.29 is 9.21 Å². The molecule has 1 amide bonds. The average Bonchev–Trinajstić information content (AvgIpc) is 2.94. The molecule has 1 aromatic heterocycles. The molecule has 0 aliphatic rings. The molecule has 0 spiro atoms. The highest BCUT2D eigenvalue weighted by Gasteiger charge is 2.17. The summed E-state index contributed by atoms with van der Waals surface area (Å²) in [4.78, 5) is 12.6. The number of aryl methyl sites for hydroxylation is 3. The van der Waals surface area contributed by atoms with Gasteiger partial charge in [0.15, 0.2) is 0 Å². The first-order valence-electron chi connectivity index (χ1n) is 7.79. The van der Waals surface area contributed by atoms with E-state index >= 15 is 0 Å². The van der Waals surface area contributed by atoms with E-state index in [-0.39, 0.29) is 5.91 Å². The molecule has 1 N–H and O–H groups in total. The standard InChI is InChI=1S/C20H17Cl2NO2/c1-11-4-7-18(12(2)8-11)23-20(24)15-10-19(25-13(15)3)14-5-6-16(21)17(22)9-14/h4-10H,1-3H3,(H,23,24). The Morgan fingerprint density at radius 3 is 2.40 bits per heavy atom. The number of amides is 1. The molecule has 25 heavy (non-hydrogen) atoms. The summed E-state index contributed by atoms with van der Waals surface area (Å²) < 4.78 is 5.74. The number of rotatable bonds is 3. The molecule has 0 unspecified atom stereocenters. The first kappa shape index (κ1) is 17.6. The van der Waals surface area contributed by atoms with Crippen molar-refractivity contribution in [1.29, 1.82) is 0 Å². The molecule has 128 valence electrons. The van der Waals surface area contributed by atoms with Gasteiger partial charge < -0.3 is 9.73 Å². The number of carbonyl (C=O) groups excluding carboxylic acids is 1. The van der Waals surface area contributed by atoms with Crippen LogP contribution in [0.5, 0.6) is 0 Å². The van der Waals surface area contributed by atoms with Crippen LogP contribution >= 0.6 is 23.2 Å². The van der Waals surface area contributed by atoms with Crippen LogP contribution in [-0.2, 0) is 0 Å². The van der Waals surface area contributed by atoms with E-state index < -0.39 is 0 Å². The summed E-state index contributed by atoms with van der Waals surface area (Å²) in [6, 6.07) is 12.8. The highest BCUT2D eigenvalue weighted by atomic mass is 35.5. The van der Waals surface area contributed by atoms with Gasteiger partial charge in [-0.15, -0.1) is 0 Å². The number of hydrogen-bond donors (Lipinski definition) is 1. The Kier molecular flexibility index (Phi) is 4.89. The summed E-state index contributed by atoms with van der Waals surface area (Å²) >= 11 is 12.0. The van der Waals surface area contributed by atoms with Gasteiger partial charge in [0.05, 0.1) is 15.6 Å². The predicted octanol–water partition coefficient (Wildman–Crippen LogP) is 6.43. The highest BCUT2D eigenvalue weighted by molar-refractivity contribution is 6.42. The average molecular weight is 374 g/mol. The van der Waals surface area contributed by atoms with Gasteiger partial charge in [-0.2, -0.15) is 0 Å². The summed E-state index contributed by atoms with van der Waals surface area (Å²) in [5, 5.41) is 3.85. The molecule has 3 aromatic rings. The topological polar surface area (TPSA) is 42.2 Å². The van der Waals surface area contributed by atoms with Crippen LogP contribution in [0.1, 0.15) is 27.2 Å². The molecule has 0 saturated carbocycles. The first-order valence-corrected chi connectivity index (χ1v) is 8.55. The Morgan fingerprint density at radius 2 is 1.72 bits per heavy atom. The lowest BCUT2D eigenvalue weighted by Crippen LogP contribution is -2.13. The van der Waals surface area contributed by atoms with Gasteiger partial charge in [0.1, 0.15) is 11.5 Å². The van der Waals surface area contributed by atoms with E-state index in [9.17, 15) is 4.79 Å². The monoisotopic (exact) mass is 373 g/mol. The minimum absolute atomic E-state index is 0.209. The smallest absolute Gasteiger partial charge is 0.259 e. The zero-order valence-electron chi connectivity index (χ0n) is 14.1. The van der Waals surface area contributed by atoms with Crippen molar-refractivity contribution in [2.45, 2.75) is 20.8 Å². The largest absolute Gasteiger partial charge is 0.461 e. The molecule has 0 saturated heterocycles. The number of hydrogen-bond acceptors (Lipinski definition) is 2. The van der Waals surface area contributed by atoms with Gasteiger partial charge in [-0.3, -0.25) is 4.79 Å². The van der Waals surface area contributed by atoms with Crippen LogP contribution in [0.2, 0.25) is 10.0 Å². The quantitative estimate of drug-likeness (QED) is 0.574. The first-order chi connectivity index (χ1) is 11.8. The lowest BCUT2D eigenvalue weighted by Gasteiger charge is -2.08. The van der Waals surface area contributed by atoms with Crippen molar-refractivity contribution in [2.24, 2.45) is 0 Å². The third-order valence-electron chi connectivity index (χ3n) is 4.00. The van der Waals surface area contributed by atoms with Gasteiger partial charge in [-0.1, -0.05) is 40.9 Å². The molecule has 0 aliphatic heterocycles. The minimum atomic E-state index is -0.209. The van der Waals surface area contributed by atoms with Crippen LogP contribution in [-0.4, -0.2) is 5.91 Å². The van der Waals surface area contributed by atoms with Crippen LogP contribution in [0.15, 0.2) is 46.9 Å². The lowest BCUT2D eigenvalue weighted by atomic mass is 10.1. The second-order valence-corrected chi connectivity index (χ2v) is 6.80. The van der Waals surface area contributed by atoms with E-state index in [1.54, 1.807) is 31.2 Å². The number of anilines is 1. The lowest BCUT2D eigenvalue weighted by molar-refractivity contribution is 0.102. The van der Waals surface area contributed by atoms with E-state index in [2.05, 4.69) is 5.32 Å². The maximum atomic E-state index is 12.6. The van der Waals surface area contributed by atoms with Crippen molar-refractivity contribution in [3.05, 3.63) is 75.0 Å². The van der Waals surface area contributed by atoms with Crippen LogP contribution in [0.4, 0.5) is 5.69 Å². The minimum Gasteiger partial charge on any atom is -0.461 e. The maximum absolute atomic E-state index is 12.6. The molecule has 1 heterocycles. The number of halogens is 2. The van der Waals surface area contributed by atoms with Gasteiger partial charge in [0, 0.05) is 11.3 Å². The molecule has 5 heteroatoms. The molecular formula is C20H17Cl2NO2. The SMILES string of the molecule is Cc1ccc(NC(=O)c2cc(-c3ccc(Cl)c(Cl)c3)oc2C)c(C)c1. The molecule has 0 bridgehead atoms. The molecular weight excluding hydrogens is 357 g/mol. The fourth-order valence-electron chi connectivity index (χ4n) is 2.64. The third-order valence-corrected chi connectivity index (χ3v) is 4.74. The number of benzene rings is 2. The summed E-state index contributed by atoms with van der Waals surface area (Å²) in [7, 11) is 0. The molecule has 2 aromatic carbocycles. The Balaban J connectivity index is 1.89. The Labute approximate surface area is 156 Å². The molecule has 0 fully saturated rings. The van der Waals surface area contributed by atoms with E-state index in [4.69, 9.17) is 27.6 Å². The number of carbonyl (C=O) groups is 1. The van der Waals surface area contributed by atoms with E-state index in [1.807, 2.05) is 32.0 Å². The van der Waals surface area contributed by atoms with Crippen molar-refractivity contribution >= 4 is 34.8 Å². The van der Waals surface area contributed by atoms with E-state index in [0.29, 0.717) is 27.1 Å². The van der Waals surface area contributed by atoms with E-state index in [1.165, 1.54) is 0 Å². The van der Waals surface area contributed by atoms with Gasteiger partial charge in [-0.25, -0.2) is 0 Å². The number of furan rings is 1. The Morgan fingerprint density at radius 1 is 0.960 bits per heavy atom. The Bertz CT molecular complexity index is 960. The summed E-state index contributed by atoms with van der Waals surface area (Å²) in [6.07, 6.45) is 0. The summed E-state index contributed by atoms with van der Waals surface area (Å²) in [5.41, 5.74) is 4.20. The van der Waals surface area contributed by atoms with Gasteiger partial charge in [0.2, 0.25) is 0 Å². The number of nitrogens with one attached hydrogen (secondary N) is 1. The van der Waals surface area contributed by atoms with Gasteiger partial charge in [-0.05, 0) is 56.7 Å². The molecule has 3 nitrogen and oxygen atoms in total. The van der Waals surface area contributed by atoms with Crippen molar-refractivity contribution in [2.75, 3.05) is 5.32 Å². The van der Waals surface area contributed by atoms with E-state index in [0.717, 1.165) is 22.4 Å². The van der Waals surface area contributed by atoms with Crippen LogP contribution in [0.3, 0.4) is 0 Å². The fraction of sp³-hybridized carbons (Fsp3) is 0.150. The van der Waals surface area contributed by atoms with Crippen LogP contribution in [0.25, 0.3) is 11.3 Å². The second kappa shape index (κ2) is 6.95. The van der Waals surface area contributed by atoms with Crippen molar-refractivity contribution in [3.63, 3.8) is 0 Å². The zero-order valence-corrected chi connectivity index (χ0v) is 15.6. The molecule has 0 atom stereocenters. The fourth-order valence-corrected chi connectivity index (χ4v) is 2.94. The normalized spacial score (nSPS) is 10.8. The van der Waals surface area contributed by atoms with Crippen LogP contribution < -0.4 is 5.32 Å². The summed E-state index contributed by atoms with van der Waals surface area (Å²) in [6.45, 7) is 5.74. The second-order valence-electron chi connectivity index (χ2n) is 5.98. The van der Waals surface area contributed by atoms with Gasteiger partial charge >= 0.3 is 0 Å². The predicted molar refractivity (Wildman–Crippen MR) is 103 cm³/mol. The summed E-state index contributed by atoms with van der Waals surface area (Å²) in [5.74, 6) is 0.907. The van der Waals surface area contributed by atoms with Crippen molar-refractivity contribution in [1.82, 2.24) is 0 Å². The zero-order chi connectivity index (χ0) is 18.1. The Hall–Kier alpha value is -2.23. The molecule has 0 aliphatic carbocycles. The molecule has 3 rings (SSSR count).